The van der Waals surface area contributed by atoms with Crippen LogP contribution in [0.4, 0.5) is 5.69 Å². The summed E-state index contributed by atoms with van der Waals surface area (Å²) in [6.45, 7) is 3.85. The minimum Gasteiger partial charge on any atom is -0.332 e. The molecule has 0 unspecified atom stereocenters. The van der Waals surface area contributed by atoms with E-state index in [9.17, 15) is 4.79 Å². The Morgan fingerprint density at radius 3 is 2.57 bits per heavy atom. The zero-order chi connectivity index (χ0) is 15.4. The molecule has 0 atom stereocenters. The summed E-state index contributed by atoms with van der Waals surface area (Å²) in [5, 5.41) is 6.47. The van der Waals surface area contributed by atoms with Gasteiger partial charge in [0.05, 0.1) is 0 Å². The Hall–Kier alpha value is -1.91. The number of carbonyl (C=O) groups is 1. The number of thiocarbonyl (C=S) groups is 1. The molecule has 0 saturated heterocycles. The molecule has 0 aliphatic rings. The highest BCUT2D eigenvalue weighted by atomic mass is 35.5. The maximum absolute atomic E-state index is 12.1. The van der Waals surface area contributed by atoms with Crippen molar-refractivity contribution in [2.75, 3.05) is 5.32 Å². The van der Waals surface area contributed by atoms with E-state index in [1.165, 1.54) is 0 Å². The van der Waals surface area contributed by atoms with Crippen LogP contribution in [-0.2, 0) is 0 Å². The third-order valence-electron chi connectivity index (χ3n) is 2.94. The lowest BCUT2D eigenvalue weighted by molar-refractivity contribution is 0.0977. The molecule has 2 N–H and O–H groups in total. The second-order valence-electron chi connectivity index (χ2n) is 4.74. The van der Waals surface area contributed by atoms with Gasteiger partial charge < -0.3 is 5.32 Å². The third-order valence-corrected chi connectivity index (χ3v) is 3.55. The molecule has 5 heteroatoms. The number of halogens is 1. The summed E-state index contributed by atoms with van der Waals surface area (Å²) in [5.74, 6) is -0.241. The summed E-state index contributed by atoms with van der Waals surface area (Å²) in [6, 6.07) is 12.8. The van der Waals surface area contributed by atoms with E-state index in [2.05, 4.69) is 10.6 Å². The van der Waals surface area contributed by atoms with E-state index in [-0.39, 0.29) is 11.0 Å². The molecule has 0 aromatic heterocycles. The summed E-state index contributed by atoms with van der Waals surface area (Å²) < 4.78 is 0. The predicted molar refractivity (Wildman–Crippen MR) is 91.1 cm³/mol. The van der Waals surface area contributed by atoms with E-state index >= 15 is 0 Å². The van der Waals surface area contributed by atoms with Crippen LogP contribution in [-0.4, -0.2) is 11.0 Å². The largest absolute Gasteiger partial charge is 0.332 e. The van der Waals surface area contributed by atoms with Crippen molar-refractivity contribution in [1.29, 1.82) is 0 Å². The SMILES string of the molecule is Cc1cccc(C(=O)NC(=S)Nc2ccc(C)c(Cl)c2)c1. The van der Waals surface area contributed by atoms with Gasteiger partial charge in [0.25, 0.3) is 5.91 Å². The zero-order valence-corrected chi connectivity index (χ0v) is 13.3. The number of rotatable bonds is 2. The molecule has 3 nitrogen and oxygen atoms in total. The maximum Gasteiger partial charge on any atom is 0.257 e. The van der Waals surface area contributed by atoms with Crippen molar-refractivity contribution in [3.8, 4) is 0 Å². The first-order valence-electron chi connectivity index (χ1n) is 6.41. The smallest absolute Gasteiger partial charge is 0.257 e. The van der Waals surface area contributed by atoms with E-state index in [1.54, 1.807) is 18.2 Å². The maximum atomic E-state index is 12.1. The van der Waals surface area contributed by atoms with E-state index in [1.807, 2.05) is 38.1 Å². The van der Waals surface area contributed by atoms with Gasteiger partial charge in [-0.1, -0.05) is 35.4 Å². The van der Waals surface area contributed by atoms with E-state index < -0.39 is 0 Å². The van der Waals surface area contributed by atoms with Gasteiger partial charge in [0.15, 0.2) is 5.11 Å². The van der Waals surface area contributed by atoms with Gasteiger partial charge in [-0.05, 0) is 55.9 Å². The number of aryl methyl sites for hydroxylation is 2. The normalized spacial score (nSPS) is 10.0. The topological polar surface area (TPSA) is 41.1 Å². The van der Waals surface area contributed by atoms with Gasteiger partial charge in [-0.2, -0.15) is 0 Å². The van der Waals surface area contributed by atoms with Crippen molar-refractivity contribution in [2.45, 2.75) is 13.8 Å². The zero-order valence-electron chi connectivity index (χ0n) is 11.7. The van der Waals surface area contributed by atoms with Crippen LogP contribution >= 0.6 is 23.8 Å². The molecule has 0 heterocycles. The predicted octanol–water partition coefficient (Wildman–Crippen LogP) is 4.08. The Labute approximate surface area is 134 Å². The van der Waals surface area contributed by atoms with Gasteiger partial charge in [0.2, 0.25) is 0 Å². The number of benzene rings is 2. The van der Waals surface area contributed by atoms with Crippen molar-refractivity contribution < 1.29 is 4.79 Å². The lowest BCUT2D eigenvalue weighted by Crippen LogP contribution is -2.34. The summed E-state index contributed by atoms with van der Waals surface area (Å²) in [4.78, 5) is 12.1. The molecule has 0 aliphatic heterocycles. The standard InChI is InChI=1S/C16H15ClN2OS/c1-10-4-3-5-12(8-10)15(20)19-16(21)18-13-7-6-11(2)14(17)9-13/h3-9H,1-2H3,(H2,18,19,20,21). The van der Waals surface area contributed by atoms with Gasteiger partial charge in [-0.3, -0.25) is 10.1 Å². The second-order valence-corrected chi connectivity index (χ2v) is 5.56. The molecule has 0 saturated carbocycles. The first kappa shape index (κ1) is 15.5. The van der Waals surface area contributed by atoms with Crippen LogP contribution in [0.1, 0.15) is 21.5 Å². The number of hydrogen-bond acceptors (Lipinski definition) is 2. The highest BCUT2D eigenvalue weighted by Crippen LogP contribution is 2.19. The fourth-order valence-corrected chi connectivity index (χ4v) is 2.19. The van der Waals surface area contributed by atoms with Crippen LogP contribution < -0.4 is 10.6 Å². The van der Waals surface area contributed by atoms with Crippen molar-refractivity contribution in [1.82, 2.24) is 5.32 Å². The molecule has 2 rings (SSSR count). The van der Waals surface area contributed by atoms with Crippen molar-refractivity contribution >= 4 is 40.5 Å². The monoisotopic (exact) mass is 318 g/mol. The Bertz CT molecular complexity index is 700. The molecule has 0 aliphatic carbocycles. The number of carbonyl (C=O) groups excluding carboxylic acids is 1. The van der Waals surface area contributed by atoms with E-state index in [4.69, 9.17) is 23.8 Å². The van der Waals surface area contributed by atoms with Gasteiger partial charge in [-0.25, -0.2) is 0 Å². The molecule has 2 aromatic carbocycles. The molecule has 0 bridgehead atoms. The van der Waals surface area contributed by atoms with Crippen LogP contribution in [0, 0.1) is 13.8 Å². The number of nitrogens with one attached hydrogen (secondary N) is 2. The third kappa shape index (κ3) is 4.28. The average Bonchev–Trinajstić information content (AvgIpc) is 2.43. The molecule has 0 fully saturated rings. The van der Waals surface area contributed by atoms with Crippen molar-refractivity contribution in [3.63, 3.8) is 0 Å². The fourth-order valence-electron chi connectivity index (χ4n) is 1.79. The van der Waals surface area contributed by atoms with Crippen LogP contribution in [0.15, 0.2) is 42.5 Å². The Kier molecular flexibility index (Phi) is 4.94. The van der Waals surface area contributed by atoms with Gasteiger partial charge in [-0.15, -0.1) is 0 Å². The Morgan fingerprint density at radius 2 is 1.90 bits per heavy atom. The van der Waals surface area contributed by atoms with Crippen molar-refractivity contribution in [3.05, 3.63) is 64.2 Å². The summed E-state index contributed by atoms with van der Waals surface area (Å²) in [5.41, 5.74) is 3.31. The minimum atomic E-state index is -0.241. The molecule has 21 heavy (non-hydrogen) atoms. The lowest BCUT2D eigenvalue weighted by atomic mass is 10.1. The fraction of sp³-hybridized carbons (Fsp3) is 0.125. The van der Waals surface area contributed by atoms with Crippen molar-refractivity contribution in [2.24, 2.45) is 0 Å². The lowest BCUT2D eigenvalue weighted by Gasteiger charge is -2.10. The Morgan fingerprint density at radius 1 is 1.14 bits per heavy atom. The number of amides is 1. The van der Waals surface area contributed by atoms with Gasteiger partial charge >= 0.3 is 0 Å². The molecular weight excluding hydrogens is 304 g/mol. The molecule has 108 valence electrons. The van der Waals surface area contributed by atoms with Crippen LogP contribution in [0.5, 0.6) is 0 Å². The van der Waals surface area contributed by atoms with Gasteiger partial charge in [0.1, 0.15) is 0 Å². The first-order chi connectivity index (χ1) is 9.95. The molecule has 1 amide bonds. The van der Waals surface area contributed by atoms with E-state index in [0.717, 1.165) is 16.8 Å². The Balaban J connectivity index is 2.01. The summed E-state index contributed by atoms with van der Waals surface area (Å²) >= 11 is 11.2. The number of hydrogen-bond donors (Lipinski definition) is 2. The van der Waals surface area contributed by atoms with E-state index in [0.29, 0.717) is 10.6 Å². The second kappa shape index (κ2) is 6.70. The minimum absolute atomic E-state index is 0.237. The highest BCUT2D eigenvalue weighted by molar-refractivity contribution is 7.80. The quantitative estimate of drug-likeness (QED) is 0.820. The van der Waals surface area contributed by atoms with Crippen LogP contribution in [0.25, 0.3) is 0 Å². The highest BCUT2D eigenvalue weighted by Gasteiger charge is 2.08. The van der Waals surface area contributed by atoms with Crippen LogP contribution in [0.3, 0.4) is 0 Å². The summed E-state index contributed by atoms with van der Waals surface area (Å²) in [7, 11) is 0. The molecular formula is C16H15ClN2OS. The molecule has 0 radical (unpaired) electrons. The number of anilines is 1. The first-order valence-corrected chi connectivity index (χ1v) is 7.19. The average molecular weight is 319 g/mol. The molecule has 0 spiro atoms. The summed E-state index contributed by atoms with van der Waals surface area (Å²) in [6.07, 6.45) is 0. The molecule has 2 aromatic rings. The van der Waals surface area contributed by atoms with Gasteiger partial charge in [0, 0.05) is 16.3 Å². The van der Waals surface area contributed by atoms with Crippen LogP contribution in [0.2, 0.25) is 5.02 Å².